The highest BCUT2D eigenvalue weighted by molar-refractivity contribution is 5.77. The second-order valence-corrected chi connectivity index (χ2v) is 7.97. The predicted octanol–water partition coefficient (Wildman–Crippen LogP) is 3.60. The van der Waals surface area contributed by atoms with Gasteiger partial charge >= 0.3 is 0 Å². The Labute approximate surface area is 179 Å². The molecular formula is C22H24N6O3. The van der Waals surface area contributed by atoms with Gasteiger partial charge in [-0.2, -0.15) is 10.1 Å². The van der Waals surface area contributed by atoms with Crippen LogP contribution in [0.15, 0.2) is 35.2 Å². The van der Waals surface area contributed by atoms with Crippen molar-refractivity contribution in [1.29, 1.82) is 0 Å². The highest BCUT2D eigenvalue weighted by Gasteiger charge is 2.30. The Balaban J connectivity index is 1.70. The standard InChI is InChI=1S/C22H24N6O3/c1-6-27-11-13-9-17-19(20-24-21(26-31-20)22(2,3)30-5)23-12-28(17)16-8-7-14(29-4)10-15(16)18(13)25-27/h7-8,10-12H,6,9H2,1-5H3. The van der Waals surface area contributed by atoms with Crippen molar-refractivity contribution < 1.29 is 14.0 Å². The Morgan fingerprint density at radius 2 is 2.03 bits per heavy atom. The van der Waals surface area contributed by atoms with E-state index in [0.717, 1.165) is 40.5 Å². The van der Waals surface area contributed by atoms with Crippen LogP contribution in [0.2, 0.25) is 0 Å². The number of hydrogen-bond acceptors (Lipinski definition) is 7. The topological polar surface area (TPSA) is 93.0 Å². The van der Waals surface area contributed by atoms with Crippen LogP contribution in [0.25, 0.3) is 28.5 Å². The van der Waals surface area contributed by atoms with Crippen LogP contribution in [0, 0.1) is 0 Å². The summed E-state index contributed by atoms with van der Waals surface area (Å²) in [7, 11) is 3.29. The summed E-state index contributed by atoms with van der Waals surface area (Å²) in [6, 6.07) is 5.98. The molecule has 0 unspecified atom stereocenters. The number of benzene rings is 1. The van der Waals surface area contributed by atoms with Gasteiger partial charge < -0.3 is 18.6 Å². The zero-order valence-electron chi connectivity index (χ0n) is 18.2. The highest BCUT2D eigenvalue weighted by Crippen LogP contribution is 2.39. The predicted molar refractivity (Wildman–Crippen MR) is 113 cm³/mol. The molecule has 9 nitrogen and oxygen atoms in total. The van der Waals surface area contributed by atoms with Crippen molar-refractivity contribution in [3.63, 3.8) is 0 Å². The van der Waals surface area contributed by atoms with Crippen LogP contribution in [0.1, 0.15) is 37.9 Å². The third-order valence-electron chi connectivity index (χ3n) is 5.78. The molecule has 0 N–H and O–H groups in total. The van der Waals surface area contributed by atoms with Gasteiger partial charge in [-0.25, -0.2) is 4.98 Å². The Bertz CT molecular complexity index is 1270. The van der Waals surface area contributed by atoms with Crippen LogP contribution in [0.3, 0.4) is 0 Å². The summed E-state index contributed by atoms with van der Waals surface area (Å²) in [5, 5.41) is 8.94. The van der Waals surface area contributed by atoms with Crippen molar-refractivity contribution >= 4 is 0 Å². The molecule has 4 aromatic rings. The van der Waals surface area contributed by atoms with Crippen molar-refractivity contribution in [1.82, 2.24) is 29.5 Å². The lowest BCUT2D eigenvalue weighted by Gasteiger charge is -2.17. The molecule has 0 radical (unpaired) electrons. The number of aromatic nitrogens is 6. The van der Waals surface area contributed by atoms with E-state index in [1.54, 1.807) is 20.5 Å². The van der Waals surface area contributed by atoms with Crippen molar-refractivity contribution in [2.24, 2.45) is 0 Å². The van der Waals surface area contributed by atoms with Crippen LogP contribution in [-0.2, 0) is 23.3 Å². The van der Waals surface area contributed by atoms with Crippen LogP contribution in [-0.4, -0.2) is 43.7 Å². The molecule has 5 rings (SSSR count). The minimum absolute atomic E-state index is 0.371. The van der Waals surface area contributed by atoms with E-state index in [0.29, 0.717) is 23.8 Å². The first kappa shape index (κ1) is 19.5. The van der Waals surface area contributed by atoms with Gasteiger partial charge in [0, 0.05) is 37.4 Å². The first-order valence-corrected chi connectivity index (χ1v) is 10.2. The van der Waals surface area contributed by atoms with Crippen molar-refractivity contribution in [3.05, 3.63) is 47.8 Å². The van der Waals surface area contributed by atoms with E-state index in [1.807, 2.05) is 36.7 Å². The lowest BCUT2D eigenvalue weighted by molar-refractivity contribution is 0.00973. The monoisotopic (exact) mass is 420 g/mol. The van der Waals surface area contributed by atoms with Crippen LogP contribution in [0.4, 0.5) is 0 Å². The zero-order chi connectivity index (χ0) is 21.8. The van der Waals surface area contributed by atoms with Gasteiger partial charge in [0.2, 0.25) is 5.82 Å². The number of rotatable bonds is 5. The number of aryl methyl sites for hydroxylation is 1. The van der Waals surface area contributed by atoms with E-state index in [1.165, 1.54) is 0 Å². The minimum atomic E-state index is -0.656. The molecule has 1 aliphatic heterocycles. The molecule has 0 amide bonds. The molecule has 1 aromatic carbocycles. The van der Waals surface area contributed by atoms with Crippen LogP contribution in [0.5, 0.6) is 5.75 Å². The Hall–Kier alpha value is -3.46. The van der Waals surface area contributed by atoms with Gasteiger partial charge in [-0.05, 0) is 39.0 Å². The molecule has 4 heterocycles. The van der Waals surface area contributed by atoms with E-state index in [4.69, 9.17) is 19.1 Å². The number of hydrogen-bond donors (Lipinski definition) is 0. The third kappa shape index (κ3) is 3.04. The van der Waals surface area contributed by atoms with Gasteiger partial charge in [-0.15, -0.1) is 0 Å². The summed E-state index contributed by atoms with van der Waals surface area (Å²) in [6.07, 6.45) is 4.51. The largest absolute Gasteiger partial charge is 0.497 e. The van der Waals surface area contributed by atoms with Gasteiger partial charge in [0.05, 0.1) is 24.2 Å². The molecule has 0 spiro atoms. The van der Waals surface area contributed by atoms with E-state index in [-0.39, 0.29) is 0 Å². The second-order valence-electron chi connectivity index (χ2n) is 7.97. The summed E-state index contributed by atoms with van der Waals surface area (Å²) in [5.41, 5.74) is 4.99. The first-order valence-electron chi connectivity index (χ1n) is 10.2. The Kier molecular flexibility index (Phi) is 4.44. The molecule has 0 aliphatic carbocycles. The fourth-order valence-corrected chi connectivity index (χ4v) is 3.79. The smallest absolute Gasteiger partial charge is 0.278 e. The molecule has 1 aliphatic rings. The van der Waals surface area contributed by atoms with Crippen LogP contribution < -0.4 is 4.74 Å². The SMILES string of the molecule is CCn1cc2c(n1)-c1cc(OC)ccc1-n1cnc(-c3nc(C(C)(C)OC)no3)c1C2. The molecule has 0 saturated carbocycles. The quantitative estimate of drug-likeness (QED) is 0.429. The normalized spacial score (nSPS) is 12.8. The number of ether oxygens (including phenoxy) is 2. The minimum Gasteiger partial charge on any atom is -0.497 e. The van der Waals surface area contributed by atoms with E-state index >= 15 is 0 Å². The average molecular weight is 420 g/mol. The highest BCUT2D eigenvalue weighted by atomic mass is 16.5. The summed E-state index contributed by atoms with van der Waals surface area (Å²) in [6.45, 7) is 6.65. The Morgan fingerprint density at radius 1 is 1.19 bits per heavy atom. The maximum Gasteiger partial charge on any atom is 0.278 e. The third-order valence-corrected chi connectivity index (χ3v) is 5.78. The summed E-state index contributed by atoms with van der Waals surface area (Å²) < 4.78 is 20.6. The zero-order valence-corrected chi connectivity index (χ0v) is 18.2. The number of imidazole rings is 1. The molecule has 3 aromatic heterocycles. The van der Waals surface area contributed by atoms with Crippen LogP contribution >= 0.6 is 0 Å². The van der Waals surface area contributed by atoms with Gasteiger partial charge in [0.15, 0.2) is 5.69 Å². The molecular weight excluding hydrogens is 396 g/mol. The molecule has 9 heteroatoms. The number of methoxy groups -OCH3 is 2. The molecule has 0 fully saturated rings. The summed E-state index contributed by atoms with van der Waals surface area (Å²) in [5.74, 6) is 1.63. The molecule has 0 atom stereocenters. The number of nitrogens with zero attached hydrogens (tertiary/aromatic N) is 6. The van der Waals surface area contributed by atoms with E-state index in [2.05, 4.69) is 32.8 Å². The van der Waals surface area contributed by atoms with Crippen molar-refractivity contribution in [2.75, 3.05) is 14.2 Å². The molecule has 31 heavy (non-hydrogen) atoms. The van der Waals surface area contributed by atoms with Gasteiger partial charge in [0.25, 0.3) is 5.89 Å². The second kappa shape index (κ2) is 7.05. The maximum absolute atomic E-state index is 5.59. The fraction of sp³-hybridized carbons (Fsp3) is 0.364. The molecule has 0 bridgehead atoms. The summed E-state index contributed by atoms with van der Waals surface area (Å²) in [4.78, 5) is 9.21. The number of fused-ring (bicyclic) bond motifs is 5. The van der Waals surface area contributed by atoms with Gasteiger partial charge in [-0.1, -0.05) is 5.16 Å². The first-order chi connectivity index (χ1) is 14.9. The maximum atomic E-state index is 5.59. The van der Waals surface area contributed by atoms with E-state index in [9.17, 15) is 0 Å². The van der Waals surface area contributed by atoms with Crippen molar-refractivity contribution in [3.8, 4) is 34.3 Å². The molecule has 0 saturated heterocycles. The van der Waals surface area contributed by atoms with Gasteiger partial charge in [-0.3, -0.25) is 4.68 Å². The Morgan fingerprint density at radius 3 is 2.77 bits per heavy atom. The van der Waals surface area contributed by atoms with E-state index < -0.39 is 5.60 Å². The molecule has 160 valence electrons. The lowest BCUT2D eigenvalue weighted by Crippen LogP contribution is -2.21. The fourth-order valence-electron chi connectivity index (χ4n) is 3.79. The summed E-state index contributed by atoms with van der Waals surface area (Å²) >= 11 is 0. The average Bonchev–Trinajstić information content (AvgIpc) is 3.50. The lowest BCUT2D eigenvalue weighted by atomic mass is 10.0. The van der Waals surface area contributed by atoms with Crippen molar-refractivity contribution in [2.45, 2.75) is 39.3 Å². The van der Waals surface area contributed by atoms with Gasteiger partial charge in [0.1, 0.15) is 17.7 Å².